The molecule has 0 spiro atoms. The quantitative estimate of drug-likeness (QED) is 0.363. The summed E-state index contributed by atoms with van der Waals surface area (Å²) in [4.78, 5) is 28.2. The highest BCUT2D eigenvalue weighted by Gasteiger charge is 2.23. The summed E-state index contributed by atoms with van der Waals surface area (Å²) < 4.78 is 16.6. The third kappa shape index (κ3) is 5.26. The molecule has 186 valence electrons. The van der Waals surface area contributed by atoms with Crippen LogP contribution >= 0.6 is 0 Å². The van der Waals surface area contributed by atoms with Crippen molar-refractivity contribution in [2.75, 3.05) is 33.0 Å². The highest BCUT2D eigenvalue weighted by molar-refractivity contribution is 5.94. The van der Waals surface area contributed by atoms with Crippen LogP contribution in [0.1, 0.15) is 27.0 Å². The number of carbonyl (C=O) groups excluding carboxylic acids is 1. The minimum Gasteiger partial charge on any atom is -0.482 e. The van der Waals surface area contributed by atoms with Gasteiger partial charge in [0.2, 0.25) is 6.79 Å². The molecule has 5 rings (SSSR count). The van der Waals surface area contributed by atoms with Crippen LogP contribution in [0.2, 0.25) is 0 Å². The van der Waals surface area contributed by atoms with Gasteiger partial charge in [-0.25, -0.2) is 0 Å². The Morgan fingerprint density at radius 1 is 0.972 bits per heavy atom. The smallest absolute Gasteiger partial charge is 0.311 e. The third-order valence-electron chi connectivity index (χ3n) is 6.38. The number of amides is 1. The predicted molar refractivity (Wildman–Crippen MR) is 132 cm³/mol. The summed E-state index contributed by atoms with van der Waals surface area (Å²) in [6.45, 7) is 5.81. The molecule has 2 heterocycles. The number of piperazine rings is 1. The van der Waals surface area contributed by atoms with Crippen molar-refractivity contribution in [1.29, 1.82) is 0 Å². The normalized spacial score (nSPS) is 15.1. The number of carbonyl (C=O) groups is 1. The number of hydrogen-bond donors (Lipinski definition) is 0. The minimum absolute atomic E-state index is 0.0269. The molecular formula is C27H27N3O6. The molecule has 0 N–H and O–H groups in total. The summed E-state index contributed by atoms with van der Waals surface area (Å²) in [7, 11) is 0. The molecule has 3 aromatic carbocycles. The van der Waals surface area contributed by atoms with Crippen LogP contribution in [-0.2, 0) is 13.2 Å². The van der Waals surface area contributed by atoms with Gasteiger partial charge in [0.25, 0.3) is 5.91 Å². The fourth-order valence-corrected chi connectivity index (χ4v) is 4.44. The molecule has 0 aromatic heterocycles. The third-order valence-corrected chi connectivity index (χ3v) is 6.38. The van der Waals surface area contributed by atoms with Crippen molar-refractivity contribution in [1.82, 2.24) is 9.80 Å². The van der Waals surface area contributed by atoms with Crippen LogP contribution in [0.4, 0.5) is 5.69 Å². The molecule has 1 amide bonds. The maximum Gasteiger partial charge on any atom is 0.311 e. The van der Waals surface area contributed by atoms with E-state index in [1.165, 1.54) is 6.07 Å². The summed E-state index contributed by atoms with van der Waals surface area (Å²) in [5, 5.41) is 11.3. The summed E-state index contributed by atoms with van der Waals surface area (Å²) in [5.41, 5.74) is 3.23. The Morgan fingerprint density at radius 2 is 1.78 bits per heavy atom. The SMILES string of the molecule is Cc1ccc(OCc2cccc(C(=O)N3CCN(Cc4ccc5c(c4)OCO5)CC3)c2)c([N+](=O)[O-])c1. The molecule has 0 radical (unpaired) electrons. The van der Waals surface area contributed by atoms with Gasteiger partial charge in [-0.15, -0.1) is 0 Å². The topological polar surface area (TPSA) is 94.4 Å². The van der Waals surface area contributed by atoms with E-state index in [9.17, 15) is 14.9 Å². The maximum absolute atomic E-state index is 13.1. The van der Waals surface area contributed by atoms with E-state index in [2.05, 4.69) is 4.90 Å². The highest BCUT2D eigenvalue weighted by atomic mass is 16.7. The van der Waals surface area contributed by atoms with Gasteiger partial charge in [-0.1, -0.05) is 24.3 Å². The Morgan fingerprint density at radius 3 is 2.58 bits per heavy atom. The van der Waals surface area contributed by atoms with Gasteiger partial charge in [-0.05, 0) is 53.9 Å². The number of rotatable bonds is 7. The zero-order chi connectivity index (χ0) is 25.1. The van der Waals surface area contributed by atoms with Crippen molar-refractivity contribution in [2.45, 2.75) is 20.1 Å². The largest absolute Gasteiger partial charge is 0.482 e. The molecule has 9 nitrogen and oxygen atoms in total. The molecule has 2 aliphatic heterocycles. The van der Waals surface area contributed by atoms with Crippen LogP contribution in [0, 0.1) is 17.0 Å². The van der Waals surface area contributed by atoms with Crippen molar-refractivity contribution in [3.63, 3.8) is 0 Å². The second kappa shape index (κ2) is 10.2. The van der Waals surface area contributed by atoms with Gasteiger partial charge in [-0.3, -0.25) is 19.8 Å². The van der Waals surface area contributed by atoms with Gasteiger partial charge in [0.05, 0.1) is 4.92 Å². The first-order valence-corrected chi connectivity index (χ1v) is 11.8. The van der Waals surface area contributed by atoms with Crippen LogP contribution in [0.25, 0.3) is 0 Å². The zero-order valence-electron chi connectivity index (χ0n) is 20.0. The van der Waals surface area contributed by atoms with Gasteiger partial charge in [0, 0.05) is 44.4 Å². The number of fused-ring (bicyclic) bond motifs is 1. The summed E-state index contributed by atoms with van der Waals surface area (Å²) in [6, 6.07) is 18.1. The van der Waals surface area contributed by atoms with E-state index in [1.54, 1.807) is 31.2 Å². The molecule has 0 atom stereocenters. The minimum atomic E-state index is -0.450. The molecule has 0 unspecified atom stereocenters. The molecule has 36 heavy (non-hydrogen) atoms. The lowest BCUT2D eigenvalue weighted by Crippen LogP contribution is -2.48. The first kappa shape index (κ1) is 23.6. The van der Waals surface area contributed by atoms with Crippen LogP contribution < -0.4 is 14.2 Å². The monoisotopic (exact) mass is 489 g/mol. The maximum atomic E-state index is 13.1. The van der Waals surface area contributed by atoms with E-state index in [1.807, 2.05) is 35.2 Å². The van der Waals surface area contributed by atoms with Gasteiger partial charge in [0.1, 0.15) is 6.61 Å². The lowest BCUT2D eigenvalue weighted by Gasteiger charge is -2.34. The molecule has 0 bridgehead atoms. The average molecular weight is 490 g/mol. The second-order valence-electron chi connectivity index (χ2n) is 8.97. The number of nitro groups is 1. The second-order valence-corrected chi connectivity index (χ2v) is 8.97. The summed E-state index contributed by atoms with van der Waals surface area (Å²) in [6.07, 6.45) is 0. The standard InChI is InChI=1S/C27H27N3O6/c1-19-5-7-24(23(13-19)30(32)33)34-17-21-3-2-4-22(14-21)27(31)29-11-9-28(10-12-29)16-20-6-8-25-26(15-20)36-18-35-25/h2-8,13-15H,9-12,16-18H2,1H3. The lowest BCUT2D eigenvalue weighted by atomic mass is 10.1. The average Bonchev–Trinajstić information content (AvgIpc) is 3.36. The zero-order valence-corrected chi connectivity index (χ0v) is 20.0. The molecule has 0 saturated carbocycles. The van der Waals surface area contributed by atoms with E-state index in [-0.39, 0.29) is 30.7 Å². The van der Waals surface area contributed by atoms with Gasteiger partial charge < -0.3 is 19.1 Å². The highest BCUT2D eigenvalue weighted by Crippen LogP contribution is 2.33. The molecule has 9 heteroatoms. The Labute approximate surface area is 208 Å². The molecule has 1 fully saturated rings. The first-order chi connectivity index (χ1) is 17.5. The Bertz CT molecular complexity index is 1290. The molecular weight excluding hydrogens is 462 g/mol. The van der Waals surface area contributed by atoms with Crippen molar-refractivity contribution < 1.29 is 23.9 Å². The van der Waals surface area contributed by atoms with E-state index in [0.29, 0.717) is 18.7 Å². The number of nitro benzene ring substituents is 1. The Balaban J connectivity index is 1.17. The van der Waals surface area contributed by atoms with Crippen molar-refractivity contribution >= 4 is 11.6 Å². The number of aryl methyl sites for hydroxylation is 1. The first-order valence-electron chi connectivity index (χ1n) is 11.8. The molecule has 1 saturated heterocycles. The molecule has 3 aromatic rings. The van der Waals surface area contributed by atoms with E-state index in [0.717, 1.165) is 47.8 Å². The Hall–Kier alpha value is -4.11. The lowest BCUT2D eigenvalue weighted by molar-refractivity contribution is -0.386. The van der Waals surface area contributed by atoms with E-state index >= 15 is 0 Å². The Kier molecular flexibility index (Phi) is 6.73. The van der Waals surface area contributed by atoms with E-state index in [4.69, 9.17) is 14.2 Å². The fourth-order valence-electron chi connectivity index (χ4n) is 4.44. The number of benzene rings is 3. The van der Waals surface area contributed by atoms with Crippen molar-refractivity contribution in [3.05, 3.63) is 93.0 Å². The predicted octanol–water partition coefficient (Wildman–Crippen LogP) is 4.17. The summed E-state index contributed by atoms with van der Waals surface area (Å²) >= 11 is 0. The number of nitrogens with zero attached hydrogens (tertiary/aromatic N) is 3. The van der Waals surface area contributed by atoms with Crippen LogP contribution in [-0.4, -0.2) is 53.6 Å². The van der Waals surface area contributed by atoms with Gasteiger partial charge in [-0.2, -0.15) is 0 Å². The molecule has 0 aliphatic carbocycles. The number of ether oxygens (including phenoxy) is 3. The van der Waals surface area contributed by atoms with E-state index < -0.39 is 4.92 Å². The van der Waals surface area contributed by atoms with Crippen molar-refractivity contribution in [3.8, 4) is 17.2 Å². The summed E-state index contributed by atoms with van der Waals surface area (Å²) in [5.74, 6) is 1.74. The van der Waals surface area contributed by atoms with Gasteiger partial charge in [0.15, 0.2) is 17.2 Å². The molecule has 2 aliphatic rings. The van der Waals surface area contributed by atoms with Crippen molar-refractivity contribution in [2.24, 2.45) is 0 Å². The van der Waals surface area contributed by atoms with Crippen LogP contribution in [0.3, 0.4) is 0 Å². The van der Waals surface area contributed by atoms with Crippen LogP contribution in [0.15, 0.2) is 60.7 Å². The fraction of sp³-hybridized carbons (Fsp3) is 0.296. The number of hydrogen-bond acceptors (Lipinski definition) is 7. The van der Waals surface area contributed by atoms with Crippen LogP contribution in [0.5, 0.6) is 17.2 Å². The van der Waals surface area contributed by atoms with Gasteiger partial charge >= 0.3 is 5.69 Å².